The van der Waals surface area contributed by atoms with Gasteiger partial charge in [-0.15, -0.1) is 0 Å². The van der Waals surface area contributed by atoms with Crippen LogP contribution in [-0.2, 0) is 9.53 Å². The SMILES string of the molecule is CC[C@@H]1CN(C(=O)C[C@H]2C[C@H]3CC[C@H]2C3)CC[C@@H]1NC(=O)OC(C)(C)C. The van der Waals surface area contributed by atoms with E-state index >= 15 is 0 Å². The first kappa shape index (κ1) is 19.5. The molecule has 1 heterocycles. The Morgan fingerprint density at radius 1 is 1.12 bits per heavy atom. The highest BCUT2D eigenvalue weighted by atomic mass is 16.6. The number of hydrogen-bond donors (Lipinski definition) is 1. The summed E-state index contributed by atoms with van der Waals surface area (Å²) in [6.45, 7) is 9.27. The van der Waals surface area contributed by atoms with Crippen LogP contribution >= 0.6 is 0 Å². The molecular weight excluding hydrogens is 328 g/mol. The Kier molecular flexibility index (Phi) is 5.83. The van der Waals surface area contributed by atoms with Crippen LogP contribution in [0.25, 0.3) is 0 Å². The molecule has 5 nitrogen and oxygen atoms in total. The lowest BCUT2D eigenvalue weighted by atomic mass is 9.85. The molecule has 2 amide bonds. The minimum Gasteiger partial charge on any atom is -0.444 e. The highest BCUT2D eigenvalue weighted by Crippen LogP contribution is 2.49. The predicted molar refractivity (Wildman–Crippen MR) is 102 cm³/mol. The second kappa shape index (κ2) is 7.77. The van der Waals surface area contributed by atoms with E-state index in [-0.39, 0.29) is 12.1 Å². The minimum absolute atomic E-state index is 0.0985. The van der Waals surface area contributed by atoms with Crippen molar-refractivity contribution in [2.24, 2.45) is 23.7 Å². The molecule has 0 aromatic rings. The molecule has 2 bridgehead atoms. The minimum atomic E-state index is -0.483. The van der Waals surface area contributed by atoms with E-state index < -0.39 is 5.60 Å². The van der Waals surface area contributed by atoms with E-state index in [4.69, 9.17) is 4.74 Å². The van der Waals surface area contributed by atoms with E-state index in [0.29, 0.717) is 17.7 Å². The Labute approximate surface area is 158 Å². The summed E-state index contributed by atoms with van der Waals surface area (Å²) < 4.78 is 5.39. The average Bonchev–Trinajstić information content (AvgIpc) is 3.16. The molecule has 3 fully saturated rings. The second-order valence-electron chi connectivity index (χ2n) is 9.69. The molecule has 1 N–H and O–H groups in total. The summed E-state index contributed by atoms with van der Waals surface area (Å²) in [5.41, 5.74) is -0.483. The third-order valence-corrected chi connectivity index (χ3v) is 6.63. The second-order valence-corrected chi connectivity index (χ2v) is 9.69. The number of piperidine rings is 1. The van der Waals surface area contributed by atoms with Gasteiger partial charge in [0.05, 0.1) is 0 Å². The molecule has 1 aliphatic heterocycles. The zero-order valence-electron chi connectivity index (χ0n) is 16.9. The van der Waals surface area contributed by atoms with Gasteiger partial charge in [-0.1, -0.05) is 13.3 Å². The van der Waals surface area contributed by atoms with Crippen molar-refractivity contribution < 1.29 is 14.3 Å². The maximum atomic E-state index is 12.8. The third kappa shape index (κ3) is 4.72. The number of amides is 2. The first-order valence-corrected chi connectivity index (χ1v) is 10.5. The number of hydrogen-bond acceptors (Lipinski definition) is 3. The van der Waals surface area contributed by atoms with Gasteiger partial charge in [-0.3, -0.25) is 4.79 Å². The molecule has 1 saturated heterocycles. The molecule has 0 unspecified atom stereocenters. The standard InChI is InChI=1S/C21H36N2O3/c1-5-15-13-23(9-8-18(15)22-20(25)26-21(2,3)4)19(24)12-17-11-14-6-7-16(17)10-14/h14-18H,5-13H2,1-4H3,(H,22,25)/t14-,15+,16-,17+,18-/m0/s1. The molecule has 0 aromatic heterocycles. The number of nitrogens with one attached hydrogen (secondary N) is 1. The molecule has 5 atom stereocenters. The van der Waals surface area contributed by atoms with Crippen molar-refractivity contribution in [3.05, 3.63) is 0 Å². The van der Waals surface area contributed by atoms with Gasteiger partial charge in [0, 0.05) is 25.6 Å². The van der Waals surface area contributed by atoms with E-state index in [2.05, 4.69) is 12.2 Å². The number of nitrogens with zero attached hydrogens (tertiary/aromatic N) is 1. The Morgan fingerprint density at radius 2 is 1.88 bits per heavy atom. The number of fused-ring (bicyclic) bond motifs is 2. The molecule has 2 aliphatic carbocycles. The van der Waals surface area contributed by atoms with Crippen molar-refractivity contribution in [2.75, 3.05) is 13.1 Å². The molecule has 3 aliphatic rings. The van der Waals surface area contributed by atoms with Crippen LogP contribution in [0.2, 0.25) is 0 Å². The Bertz CT molecular complexity index is 528. The van der Waals surface area contributed by atoms with Gasteiger partial charge in [-0.25, -0.2) is 4.79 Å². The van der Waals surface area contributed by atoms with Crippen molar-refractivity contribution in [3.8, 4) is 0 Å². The van der Waals surface area contributed by atoms with Crippen molar-refractivity contribution in [1.82, 2.24) is 10.2 Å². The molecule has 3 rings (SSSR count). The normalized spacial score (nSPS) is 34.0. The number of rotatable bonds is 4. The van der Waals surface area contributed by atoms with Crippen LogP contribution in [0, 0.1) is 23.7 Å². The van der Waals surface area contributed by atoms with E-state index in [1.165, 1.54) is 25.7 Å². The van der Waals surface area contributed by atoms with Crippen LogP contribution in [0.5, 0.6) is 0 Å². The Hall–Kier alpha value is -1.26. The van der Waals surface area contributed by atoms with Gasteiger partial charge >= 0.3 is 6.09 Å². The van der Waals surface area contributed by atoms with E-state index in [0.717, 1.165) is 44.2 Å². The fraction of sp³-hybridized carbons (Fsp3) is 0.905. The maximum Gasteiger partial charge on any atom is 0.407 e. The molecule has 0 aromatic carbocycles. The Morgan fingerprint density at radius 3 is 2.46 bits per heavy atom. The first-order valence-electron chi connectivity index (χ1n) is 10.5. The van der Waals surface area contributed by atoms with Crippen molar-refractivity contribution >= 4 is 12.0 Å². The van der Waals surface area contributed by atoms with Crippen LogP contribution in [0.3, 0.4) is 0 Å². The van der Waals surface area contributed by atoms with Gasteiger partial charge < -0.3 is 15.0 Å². The molecule has 0 spiro atoms. The summed E-state index contributed by atoms with van der Waals surface area (Å²) in [7, 11) is 0. The van der Waals surface area contributed by atoms with Crippen LogP contribution in [-0.4, -0.2) is 41.6 Å². The monoisotopic (exact) mass is 364 g/mol. The van der Waals surface area contributed by atoms with Crippen molar-refractivity contribution in [1.29, 1.82) is 0 Å². The topological polar surface area (TPSA) is 58.6 Å². The Balaban J connectivity index is 1.49. The molecule has 0 radical (unpaired) electrons. The van der Waals surface area contributed by atoms with Crippen molar-refractivity contribution in [2.45, 2.75) is 84.3 Å². The molecule has 2 saturated carbocycles. The fourth-order valence-corrected chi connectivity index (χ4v) is 5.30. The van der Waals surface area contributed by atoms with Gasteiger partial charge in [0.1, 0.15) is 5.60 Å². The van der Waals surface area contributed by atoms with Crippen LogP contribution in [0.1, 0.15) is 72.6 Å². The van der Waals surface area contributed by atoms with Gasteiger partial charge in [-0.2, -0.15) is 0 Å². The summed E-state index contributed by atoms with van der Waals surface area (Å²) in [6, 6.07) is 0.0985. The lowest BCUT2D eigenvalue weighted by Crippen LogP contribution is -2.53. The summed E-state index contributed by atoms with van der Waals surface area (Å²) in [4.78, 5) is 27.0. The lowest BCUT2D eigenvalue weighted by Gasteiger charge is -2.39. The third-order valence-electron chi connectivity index (χ3n) is 6.63. The van der Waals surface area contributed by atoms with E-state index in [1.807, 2.05) is 25.7 Å². The van der Waals surface area contributed by atoms with Crippen LogP contribution in [0.15, 0.2) is 0 Å². The predicted octanol–water partition coefficient (Wildman–Crippen LogP) is 3.96. The zero-order chi connectivity index (χ0) is 18.9. The van der Waals surface area contributed by atoms with Gasteiger partial charge in [0.2, 0.25) is 5.91 Å². The molecular formula is C21H36N2O3. The lowest BCUT2D eigenvalue weighted by molar-refractivity contribution is -0.134. The average molecular weight is 365 g/mol. The van der Waals surface area contributed by atoms with Gasteiger partial charge in [-0.05, 0) is 76.5 Å². The van der Waals surface area contributed by atoms with Crippen LogP contribution in [0.4, 0.5) is 4.79 Å². The number of alkyl carbamates (subject to hydrolysis) is 1. The summed E-state index contributed by atoms with van der Waals surface area (Å²) >= 11 is 0. The van der Waals surface area contributed by atoms with Crippen LogP contribution < -0.4 is 5.32 Å². The number of carbonyl (C=O) groups excluding carboxylic acids is 2. The zero-order valence-corrected chi connectivity index (χ0v) is 16.9. The highest BCUT2D eigenvalue weighted by molar-refractivity contribution is 5.76. The molecule has 26 heavy (non-hydrogen) atoms. The quantitative estimate of drug-likeness (QED) is 0.821. The summed E-state index contributed by atoms with van der Waals surface area (Å²) in [6.07, 6.45) is 7.52. The van der Waals surface area contributed by atoms with E-state index in [1.54, 1.807) is 0 Å². The summed E-state index contributed by atoms with van der Waals surface area (Å²) in [5.74, 6) is 2.96. The van der Waals surface area contributed by atoms with Gasteiger partial charge in [0.25, 0.3) is 0 Å². The number of likely N-dealkylation sites (tertiary alicyclic amines) is 1. The highest BCUT2D eigenvalue weighted by Gasteiger charge is 2.41. The van der Waals surface area contributed by atoms with E-state index in [9.17, 15) is 9.59 Å². The van der Waals surface area contributed by atoms with Gasteiger partial charge in [0.15, 0.2) is 0 Å². The molecule has 148 valence electrons. The maximum absolute atomic E-state index is 12.8. The fourth-order valence-electron chi connectivity index (χ4n) is 5.30. The smallest absolute Gasteiger partial charge is 0.407 e. The molecule has 5 heteroatoms. The number of carbonyl (C=O) groups is 2. The van der Waals surface area contributed by atoms with Crippen molar-refractivity contribution in [3.63, 3.8) is 0 Å². The number of ether oxygens (including phenoxy) is 1. The largest absolute Gasteiger partial charge is 0.444 e. The summed E-state index contributed by atoms with van der Waals surface area (Å²) in [5, 5.41) is 3.03. The first-order chi connectivity index (χ1) is 12.2.